The molecular weight excluding hydrogens is 210 g/mol. The van der Waals surface area contributed by atoms with E-state index in [1.54, 1.807) is 6.33 Å². The lowest BCUT2D eigenvalue weighted by atomic mass is 10.1. The van der Waals surface area contributed by atoms with Crippen LogP contribution in [0.2, 0.25) is 5.28 Å². The molecule has 0 unspecified atom stereocenters. The molecular formula is C11H12ClN3. The van der Waals surface area contributed by atoms with Gasteiger partial charge in [-0.2, -0.15) is 0 Å². The summed E-state index contributed by atoms with van der Waals surface area (Å²) >= 11 is 5.87. The van der Waals surface area contributed by atoms with Gasteiger partial charge in [-0.3, -0.25) is 4.57 Å². The third-order valence-corrected chi connectivity index (χ3v) is 2.70. The minimum Gasteiger partial charge on any atom is -0.300 e. The maximum Gasteiger partial charge on any atom is 0.225 e. The molecule has 0 aliphatic carbocycles. The zero-order valence-corrected chi connectivity index (χ0v) is 9.28. The standard InChI is InChI=1S/C11H12ClN3/c1-2-9-5-3-4-6-10(9)7-15-8-13-14-11(15)12/h3-6,8H,2,7H2,1H3. The van der Waals surface area contributed by atoms with Crippen molar-refractivity contribution in [2.24, 2.45) is 0 Å². The normalized spacial score (nSPS) is 10.5. The summed E-state index contributed by atoms with van der Waals surface area (Å²) in [6, 6.07) is 8.33. The molecule has 0 saturated heterocycles. The summed E-state index contributed by atoms with van der Waals surface area (Å²) in [4.78, 5) is 0. The van der Waals surface area contributed by atoms with E-state index in [1.165, 1.54) is 11.1 Å². The average Bonchev–Trinajstić information content (AvgIpc) is 2.65. The Balaban J connectivity index is 2.28. The topological polar surface area (TPSA) is 30.7 Å². The van der Waals surface area contributed by atoms with Gasteiger partial charge in [-0.25, -0.2) is 0 Å². The van der Waals surface area contributed by atoms with E-state index in [0.717, 1.165) is 13.0 Å². The molecule has 2 aromatic rings. The van der Waals surface area contributed by atoms with Crippen LogP contribution < -0.4 is 0 Å². The minimum atomic E-state index is 0.431. The van der Waals surface area contributed by atoms with Crippen molar-refractivity contribution in [1.82, 2.24) is 14.8 Å². The van der Waals surface area contributed by atoms with Gasteiger partial charge in [0, 0.05) is 0 Å². The lowest BCUT2D eigenvalue weighted by Gasteiger charge is -2.07. The minimum absolute atomic E-state index is 0.431. The Bertz CT molecular complexity index is 451. The molecule has 15 heavy (non-hydrogen) atoms. The molecule has 0 fully saturated rings. The third kappa shape index (κ3) is 2.18. The highest BCUT2D eigenvalue weighted by molar-refractivity contribution is 6.28. The van der Waals surface area contributed by atoms with E-state index in [2.05, 4.69) is 35.3 Å². The molecule has 78 valence electrons. The van der Waals surface area contributed by atoms with E-state index >= 15 is 0 Å². The van der Waals surface area contributed by atoms with E-state index in [-0.39, 0.29) is 0 Å². The Morgan fingerprint density at radius 3 is 2.60 bits per heavy atom. The van der Waals surface area contributed by atoms with Crippen LogP contribution in [0.25, 0.3) is 0 Å². The van der Waals surface area contributed by atoms with Gasteiger partial charge in [0.15, 0.2) is 0 Å². The molecule has 2 rings (SSSR count). The first-order valence-electron chi connectivity index (χ1n) is 4.91. The van der Waals surface area contributed by atoms with Crippen molar-refractivity contribution in [2.45, 2.75) is 19.9 Å². The Labute approximate surface area is 93.7 Å². The second-order valence-corrected chi connectivity index (χ2v) is 3.69. The number of halogens is 1. The quantitative estimate of drug-likeness (QED) is 0.798. The Hall–Kier alpha value is -1.35. The SMILES string of the molecule is CCc1ccccc1Cn1cnnc1Cl. The van der Waals surface area contributed by atoms with Crippen molar-refractivity contribution < 1.29 is 0 Å². The van der Waals surface area contributed by atoms with Gasteiger partial charge in [0.1, 0.15) is 6.33 Å². The molecule has 0 aliphatic rings. The van der Waals surface area contributed by atoms with Crippen LogP contribution in [0.4, 0.5) is 0 Å². The molecule has 0 bridgehead atoms. The highest BCUT2D eigenvalue weighted by Crippen LogP contribution is 2.13. The van der Waals surface area contributed by atoms with Gasteiger partial charge >= 0.3 is 0 Å². The molecule has 3 nitrogen and oxygen atoms in total. The molecule has 0 amide bonds. The third-order valence-electron chi connectivity index (χ3n) is 2.41. The predicted molar refractivity (Wildman–Crippen MR) is 60.0 cm³/mol. The van der Waals surface area contributed by atoms with Crippen molar-refractivity contribution in [3.63, 3.8) is 0 Å². The summed E-state index contributed by atoms with van der Waals surface area (Å²) in [5.41, 5.74) is 2.60. The highest BCUT2D eigenvalue weighted by atomic mass is 35.5. The van der Waals surface area contributed by atoms with E-state index in [0.29, 0.717) is 5.28 Å². The van der Waals surface area contributed by atoms with Crippen molar-refractivity contribution in [2.75, 3.05) is 0 Å². The number of hydrogen-bond donors (Lipinski definition) is 0. The van der Waals surface area contributed by atoms with Gasteiger partial charge in [-0.15, -0.1) is 10.2 Å². The van der Waals surface area contributed by atoms with Crippen LogP contribution in [-0.4, -0.2) is 14.8 Å². The van der Waals surface area contributed by atoms with E-state index in [1.807, 2.05) is 10.6 Å². The zero-order chi connectivity index (χ0) is 10.7. The largest absolute Gasteiger partial charge is 0.300 e. The first-order valence-corrected chi connectivity index (χ1v) is 5.29. The number of rotatable bonds is 3. The fourth-order valence-corrected chi connectivity index (χ4v) is 1.73. The smallest absolute Gasteiger partial charge is 0.225 e. The van der Waals surface area contributed by atoms with Gasteiger partial charge < -0.3 is 0 Å². The highest BCUT2D eigenvalue weighted by Gasteiger charge is 2.04. The summed E-state index contributed by atoms with van der Waals surface area (Å²) in [5, 5.41) is 7.93. The summed E-state index contributed by atoms with van der Waals surface area (Å²) < 4.78 is 1.83. The molecule has 0 radical (unpaired) electrons. The van der Waals surface area contributed by atoms with Crippen LogP contribution in [0, 0.1) is 0 Å². The maximum atomic E-state index is 5.87. The van der Waals surface area contributed by atoms with Crippen LogP contribution in [-0.2, 0) is 13.0 Å². The van der Waals surface area contributed by atoms with Gasteiger partial charge in [-0.1, -0.05) is 31.2 Å². The fourth-order valence-electron chi connectivity index (χ4n) is 1.59. The van der Waals surface area contributed by atoms with Crippen LogP contribution in [0.5, 0.6) is 0 Å². The van der Waals surface area contributed by atoms with Gasteiger partial charge in [0.25, 0.3) is 0 Å². The summed E-state index contributed by atoms with van der Waals surface area (Å²) in [5.74, 6) is 0. The molecule has 0 N–H and O–H groups in total. The van der Waals surface area contributed by atoms with Crippen molar-refractivity contribution in [1.29, 1.82) is 0 Å². The van der Waals surface area contributed by atoms with Crippen molar-refractivity contribution in [3.8, 4) is 0 Å². The average molecular weight is 222 g/mol. The first kappa shape index (κ1) is 10.2. The molecule has 0 spiro atoms. The second-order valence-electron chi connectivity index (χ2n) is 3.35. The number of aryl methyl sites for hydroxylation is 1. The van der Waals surface area contributed by atoms with Crippen LogP contribution in [0.1, 0.15) is 18.1 Å². The number of aromatic nitrogens is 3. The van der Waals surface area contributed by atoms with Gasteiger partial charge in [-0.05, 0) is 29.1 Å². The molecule has 1 aromatic heterocycles. The van der Waals surface area contributed by atoms with Crippen molar-refractivity contribution >= 4 is 11.6 Å². The second kappa shape index (κ2) is 4.45. The van der Waals surface area contributed by atoms with E-state index in [4.69, 9.17) is 11.6 Å². The number of hydrogen-bond acceptors (Lipinski definition) is 2. The zero-order valence-electron chi connectivity index (χ0n) is 8.52. The Morgan fingerprint density at radius 2 is 2.00 bits per heavy atom. The molecule has 1 heterocycles. The lowest BCUT2D eigenvalue weighted by molar-refractivity contribution is 0.785. The van der Waals surface area contributed by atoms with Crippen LogP contribution in [0.15, 0.2) is 30.6 Å². The molecule has 0 saturated carbocycles. The lowest BCUT2D eigenvalue weighted by Crippen LogP contribution is -2.01. The predicted octanol–water partition coefficient (Wildman–Crippen LogP) is 2.54. The van der Waals surface area contributed by atoms with E-state index < -0.39 is 0 Å². The van der Waals surface area contributed by atoms with Crippen LogP contribution >= 0.6 is 11.6 Å². The van der Waals surface area contributed by atoms with E-state index in [9.17, 15) is 0 Å². The molecule has 0 atom stereocenters. The summed E-state index contributed by atoms with van der Waals surface area (Å²) in [6.45, 7) is 2.88. The van der Waals surface area contributed by atoms with Gasteiger partial charge in [0.05, 0.1) is 6.54 Å². The Morgan fingerprint density at radius 1 is 1.27 bits per heavy atom. The summed E-state index contributed by atoms with van der Waals surface area (Å²) in [7, 11) is 0. The van der Waals surface area contributed by atoms with Gasteiger partial charge in [0.2, 0.25) is 5.28 Å². The fraction of sp³-hybridized carbons (Fsp3) is 0.273. The molecule has 1 aromatic carbocycles. The summed E-state index contributed by atoms with van der Waals surface area (Å²) in [6.07, 6.45) is 2.67. The number of benzene rings is 1. The number of nitrogens with zero attached hydrogens (tertiary/aromatic N) is 3. The maximum absolute atomic E-state index is 5.87. The van der Waals surface area contributed by atoms with Crippen molar-refractivity contribution in [3.05, 3.63) is 47.0 Å². The monoisotopic (exact) mass is 221 g/mol. The first-order chi connectivity index (χ1) is 7.31. The molecule has 0 aliphatic heterocycles. The Kier molecular flexibility index (Phi) is 3.02. The molecule has 4 heteroatoms. The van der Waals surface area contributed by atoms with Crippen LogP contribution in [0.3, 0.4) is 0 Å².